The Kier molecular flexibility index (Phi) is 6.37. The molecular formula is C19H22FNO4S. The average Bonchev–Trinajstić information content (AvgIpc) is 2.54. The summed E-state index contributed by atoms with van der Waals surface area (Å²) in [7, 11) is -3.58. The first kappa shape index (κ1) is 19.9. The van der Waals surface area contributed by atoms with Crippen LogP contribution in [0.3, 0.4) is 0 Å². The predicted molar refractivity (Wildman–Crippen MR) is 97.9 cm³/mol. The maximum Gasteiger partial charge on any atom is 0.306 e. The third kappa shape index (κ3) is 6.15. The van der Waals surface area contributed by atoms with Crippen molar-refractivity contribution >= 4 is 16.0 Å². The van der Waals surface area contributed by atoms with Gasteiger partial charge in [0.25, 0.3) is 5.91 Å². The summed E-state index contributed by atoms with van der Waals surface area (Å²) in [4.78, 5) is 14.4. The fourth-order valence-corrected chi connectivity index (χ4v) is 2.94. The zero-order valence-electron chi connectivity index (χ0n) is 15.0. The molecule has 0 unspecified atom stereocenters. The zero-order valence-corrected chi connectivity index (χ0v) is 15.8. The van der Waals surface area contributed by atoms with Crippen LogP contribution >= 0.6 is 0 Å². The highest BCUT2D eigenvalue weighted by Crippen LogP contribution is 2.17. The van der Waals surface area contributed by atoms with Gasteiger partial charge in [0.05, 0.1) is 6.26 Å². The number of nitrogens with zero attached hydrogens (tertiary/aromatic N) is 1. The van der Waals surface area contributed by atoms with Crippen molar-refractivity contribution in [1.82, 2.24) is 4.90 Å². The number of amides is 1. The van der Waals surface area contributed by atoms with Gasteiger partial charge in [0.2, 0.25) is 0 Å². The van der Waals surface area contributed by atoms with Gasteiger partial charge in [0.1, 0.15) is 11.6 Å². The minimum Gasteiger partial charge on any atom is -0.383 e. The van der Waals surface area contributed by atoms with Gasteiger partial charge in [-0.25, -0.2) is 4.39 Å². The lowest BCUT2D eigenvalue weighted by atomic mass is 10.1. The smallest absolute Gasteiger partial charge is 0.306 e. The fourth-order valence-electron chi connectivity index (χ4n) is 2.48. The van der Waals surface area contributed by atoms with Gasteiger partial charge in [0, 0.05) is 18.7 Å². The first-order valence-corrected chi connectivity index (χ1v) is 9.99. The van der Waals surface area contributed by atoms with Crippen molar-refractivity contribution in [2.24, 2.45) is 5.92 Å². The van der Waals surface area contributed by atoms with Gasteiger partial charge >= 0.3 is 10.1 Å². The molecule has 2 rings (SSSR count). The van der Waals surface area contributed by atoms with Crippen LogP contribution in [0.2, 0.25) is 0 Å². The minimum absolute atomic E-state index is 0.185. The van der Waals surface area contributed by atoms with Crippen LogP contribution in [0.5, 0.6) is 5.75 Å². The summed E-state index contributed by atoms with van der Waals surface area (Å²) in [5.74, 6) is -0.0997. The van der Waals surface area contributed by atoms with Crippen LogP contribution in [0.15, 0.2) is 48.5 Å². The molecule has 0 saturated heterocycles. The number of hydrogen-bond donors (Lipinski definition) is 0. The van der Waals surface area contributed by atoms with Crippen molar-refractivity contribution in [3.8, 4) is 5.75 Å². The summed E-state index contributed by atoms with van der Waals surface area (Å²) in [5, 5.41) is 0. The van der Waals surface area contributed by atoms with Crippen LogP contribution in [0, 0.1) is 11.7 Å². The number of hydrogen-bond acceptors (Lipinski definition) is 4. The first-order valence-electron chi connectivity index (χ1n) is 8.17. The molecule has 0 spiro atoms. The van der Waals surface area contributed by atoms with Gasteiger partial charge in [-0.3, -0.25) is 4.79 Å². The third-order valence-electron chi connectivity index (χ3n) is 3.51. The molecule has 2 aromatic rings. The average molecular weight is 379 g/mol. The van der Waals surface area contributed by atoms with Gasteiger partial charge < -0.3 is 9.08 Å². The molecule has 0 aliphatic heterocycles. The molecular weight excluding hydrogens is 357 g/mol. The van der Waals surface area contributed by atoms with Gasteiger partial charge in [-0.1, -0.05) is 26.0 Å². The summed E-state index contributed by atoms with van der Waals surface area (Å²) in [6, 6.07) is 12.0. The first-order chi connectivity index (χ1) is 12.1. The Morgan fingerprint density at radius 1 is 1.08 bits per heavy atom. The molecule has 0 aliphatic carbocycles. The third-order valence-corrected chi connectivity index (χ3v) is 4.00. The molecule has 0 N–H and O–H groups in total. The lowest BCUT2D eigenvalue weighted by Crippen LogP contribution is -2.33. The molecule has 0 fully saturated rings. The molecule has 0 radical (unpaired) electrons. The largest absolute Gasteiger partial charge is 0.383 e. The van der Waals surface area contributed by atoms with Crippen LogP contribution < -0.4 is 4.18 Å². The standard InChI is InChI=1S/C19H22FNO4S/c1-14(2)12-21(19(22)16-6-8-17(20)9-7-16)13-15-4-10-18(11-5-15)25-26(3,23)24/h4-11,14H,12-13H2,1-3H3. The Morgan fingerprint density at radius 3 is 2.15 bits per heavy atom. The second-order valence-corrected chi connectivity index (χ2v) is 8.09. The maximum absolute atomic E-state index is 13.1. The second-order valence-electron chi connectivity index (χ2n) is 6.52. The maximum atomic E-state index is 13.1. The number of carbonyl (C=O) groups excluding carboxylic acids is 1. The van der Waals surface area contributed by atoms with E-state index in [1.54, 1.807) is 29.2 Å². The van der Waals surface area contributed by atoms with E-state index in [-0.39, 0.29) is 17.6 Å². The SMILES string of the molecule is CC(C)CN(Cc1ccc(OS(C)(=O)=O)cc1)C(=O)c1ccc(F)cc1. The summed E-state index contributed by atoms with van der Waals surface area (Å²) < 4.78 is 40.2. The van der Waals surface area contributed by atoms with Crippen molar-refractivity contribution in [1.29, 1.82) is 0 Å². The topological polar surface area (TPSA) is 63.7 Å². The van der Waals surface area contributed by atoms with Crippen molar-refractivity contribution in [2.45, 2.75) is 20.4 Å². The highest BCUT2D eigenvalue weighted by molar-refractivity contribution is 7.86. The Morgan fingerprint density at radius 2 is 1.65 bits per heavy atom. The summed E-state index contributed by atoms with van der Waals surface area (Å²) in [5.41, 5.74) is 1.26. The number of benzene rings is 2. The molecule has 0 bridgehead atoms. The van der Waals surface area contributed by atoms with Crippen LogP contribution in [0.4, 0.5) is 4.39 Å². The predicted octanol–water partition coefficient (Wildman–Crippen LogP) is 3.46. The normalized spacial score (nSPS) is 11.4. The Bertz CT molecular complexity index is 846. The highest BCUT2D eigenvalue weighted by atomic mass is 32.2. The molecule has 2 aromatic carbocycles. The lowest BCUT2D eigenvalue weighted by molar-refractivity contribution is 0.0722. The van der Waals surface area contributed by atoms with Gasteiger partial charge in [0.15, 0.2) is 0 Å². The van der Waals surface area contributed by atoms with Crippen LogP contribution in [-0.4, -0.2) is 32.0 Å². The van der Waals surface area contributed by atoms with E-state index in [0.717, 1.165) is 11.8 Å². The van der Waals surface area contributed by atoms with E-state index in [1.165, 1.54) is 24.3 Å². The molecule has 5 nitrogen and oxygen atoms in total. The van der Waals surface area contributed by atoms with E-state index < -0.39 is 15.9 Å². The van der Waals surface area contributed by atoms with Gasteiger partial charge in [-0.05, 0) is 47.9 Å². The van der Waals surface area contributed by atoms with E-state index in [9.17, 15) is 17.6 Å². The molecule has 140 valence electrons. The Balaban J connectivity index is 2.17. The van der Waals surface area contributed by atoms with Crippen molar-refractivity contribution in [3.05, 3.63) is 65.5 Å². The number of rotatable bonds is 7. The Hall–Kier alpha value is -2.41. The van der Waals surface area contributed by atoms with E-state index in [0.29, 0.717) is 18.7 Å². The molecule has 7 heteroatoms. The van der Waals surface area contributed by atoms with Gasteiger partial charge in [-0.15, -0.1) is 0 Å². The van der Waals surface area contributed by atoms with Crippen molar-refractivity contribution in [3.63, 3.8) is 0 Å². The zero-order chi connectivity index (χ0) is 19.3. The van der Waals surface area contributed by atoms with E-state index in [4.69, 9.17) is 4.18 Å². The fraction of sp³-hybridized carbons (Fsp3) is 0.316. The Labute approximate surface area is 153 Å². The monoisotopic (exact) mass is 379 g/mol. The summed E-state index contributed by atoms with van der Waals surface area (Å²) in [6.07, 6.45) is 0.979. The molecule has 0 atom stereocenters. The molecule has 0 aliphatic rings. The van der Waals surface area contributed by atoms with Crippen molar-refractivity contribution in [2.75, 3.05) is 12.8 Å². The number of halogens is 1. The van der Waals surface area contributed by atoms with Crippen LogP contribution in [0.1, 0.15) is 29.8 Å². The summed E-state index contributed by atoms with van der Waals surface area (Å²) >= 11 is 0. The molecule has 1 amide bonds. The molecule has 0 saturated carbocycles. The lowest BCUT2D eigenvalue weighted by Gasteiger charge is -2.25. The number of carbonyl (C=O) groups is 1. The van der Waals surface area contributed by atoms with Gasteiger partial charge in [-0.2, -0.15) is 8.42 Å². The minimum atomic E-state index is -3.58. The van der Waals surface area contributed by atoms with E-state index >= 15 is 0 Å². The quantitative estimate of drug-likeness (QED) is 0.691. The van der Waals surface area contributed by atoms with E-state index in [2.05, 4.69) is 0 Å². The van der Waals surface area contributed by atoms with Crippen molar-refractivity contribution < 1.29 is 21.8 Å². The molecule has 0 heterocycles. The highest BCUT2D eigenvalue weighted by Gasteiger charge is 2.17. The van der Waals surface area contributed by atoms with Crippen LogP contribution in [0.25, 0.3) is 0 Å². The second kappa shape index (κ2) is 8.31. The molecule has 26 heavy (non-hydrogen) atoms. The van der Waals surface area contributed by atoms with Crippen LogP contribution in [-0.2, 0) is 16.7 Å². The van der Waals surface area contributed by atoms with E-state index in [1.807, 2.05) is 13.8 Å². The molecule has 0 aromatic heterocycles. The summed E-state index contributed by atoms with van der Waals surface area (Å²) in [6.45, 7) is 4.91.